The van der Waals surface area contributed by atoms with Crippen LogP contribution in [0.5, 0.6) is 0 Å². The number of amides is 1. The molecule has 94 valence electrons. The lowest BCUT2D eigenvalue weighted by Gasteiger charge is -2.08. The lowest BCUT2D eigenvalue weighted by molar-refractivity contribution is -0.123. The lowest BCUT2D eigenvalue weighted by Crippen LogP contribution is -2.39. The van der Waals surface area contributed by atoms with Gasteiger partial charge in [-0.05, 0) is 6.42 Å². The summed E-state index contributed by atoms with van der Waals surface area (Å²) in [5.41, 5.74) is 5.62. The zero-order valence-corrected chi connectivity index (χ0v) is 10.5. The third-order valence-corrected chi connectivity index (χ3v) is 2.05. The number of hydrogen-bond acceptors (Lipinski definition) is 2. The minimum absolute atomic E-state index is 0.0237. The maximum absolute atomic E-state index is 11.2. The van der Waals surface area contributed by atoms with E-state index in [-0.39, 0.29) is 11.8 Å². The fraction of sp³-hybridized carbons (Fsp3) is 0.818. The smallest absolute Gasteiger partial charge is 0.222 e. The first-order chi connectivity index (χ1) is 7.57. The molecule has 0 aliphatic heterocycles. The molecule has 0 aliphatic carbocycles. The number of guanidine groups is 1. The summed E-state index contributed by atoms with van der Waals surface area (Å²) in [6.07, 6.45) is 2.16. The van der Waals surface area contributed by atoms with Crippen molar-refractivity contribution in [3.63, 3.8) is 0 Å². The molecule has 16 heavy (non-hydrogen) atoms. The second kappa shape index (κ2) is 9.00. The average Bonchev–Trinajstić information content (AvgIpc) is 2.24. The normalized spacial score (nSPS) is 11.6. The van der Waals surface area contributed by atoms with Crippen molar-refractivity contribution < 1.29 is 4.79 Å². The molecule has 0 fully saturated rings. The summed E-state index contributed by atoms with van der Waals surface area (Å²) in [5, 5.41) is 5.74. The van der Waals surface area contributed by atoms with Gasteiger partial charge in [0.2, 0.25) is 5.91 Å². The van der Waals surface area contributed by atoms with Gasteiger partial charge in [0.25, 0.3) is 0 Å². The van der Waals surface area contributed by atoms with Crippen molar-refractivity contribution in [1.82, 2.24) is 10.6 Å². The Kier molecular flexibility index (Phi) is 8.29. The van der Waals surface area contributed by atoms with Crippen LogP contribution in [0, 0.1) is 5.92 Å². The predicted octanol–water partition coefficient (Wildman–Crippen LogP) is 0.463. The summed E-state index contributed by atoms with van der Waals surface area (Å²) < 4.78 is 0. The van der Waals surface area contributed by atoms with Gasteiger partial charge in [-0.15, -0.1) is 0 Å². The highest BCUT2D eigenvalue weighted by atomic mass is 16.1. The zero-order valence-electron chi connectivity index (χ0n) is 10.5. The van der Waals surface area contributed by atoms with E-state index < -0.39 is 0 Å². The molecule has 1 amide bonds. The van der Waals surface area contributed by atoms with Gasteiger partial charge < -0.3 is 16.4 Å². The topological polar surface area (TPSA) is 79.5 Å². The van der Waals surface area contributed by atoms with Gasteiger partial charge in [0.15, 0.2) is 5.96 Å². The standard InChI is InChI=1S/C11H24N4O/c1-4-5-6-14-11(12)15-8-7-13-10(16)9(2)3/h9H,4-8H2,1-3H3,(H,13,16)(H3,12,14,15). The van der Waals surface area contributed by atoms with Gasteiger partial charge in [0.1, 0.15) is 0 Å². The van der Waals surface area contributed by atoms with Crippen molar-refractivity contribution in [3.8, 4) is 0 Å². The fourth-order valence-electron chi connectivity index (χ4n) is 0.994. The van der Waals surface area contributed by atoms with E-state index in [1.807, 2.05) is 13.8 Å². The van der Waals surface area contributed by atoms with E-state index in [0.717, 1.165) is 19.4 Å². The molecule has 0 heterocycles. The van der Waals surface area contributed by atoms with Gasteiger partial charge in [0.05, 0.1) is 0 Å². The summed E-state index contributed by atoms with van der Waals surface area (Å²) in [6, 6.07) is 0. The number of aliphatic imine (C=N–C) groups is 1. The van der Waals surface area contributed by atoms with Crippen molar-refractivity contribution in [2.45, 2.75) is 33.6 Å². The molecule has 0 spiro atoms. The van der Waals surface area contributed by atoms with Crippen molar-refractivity contribution in [3.05, 3.63) is 0 Å². The van der Waals surface area contributed by atoms with Crippen LogP contribution in [0.1, 0.15) is 33.6 Å². The number of nitrogens with one attached hydrogen (secondary N) is 2. The Balaban J connectivity index is 3.51. The number of rotatable bonds is 7. The van der Waals surface area contributed by atoms with Crippen molar-refractivity contribution in [1.29, 1.82) is 0 Å². The second-order valence-electron chi connectivity index (χ2n) is 3.99. The van der Waals surface area contributed by atoms with Crippen molar-refractivity contribution in [2.24, 2.45) is 16.6 Å². The molecule has 0 rings (SSSR count). The van der Waals surface area contributed by atoms with Crippen LogP contribution in [0.2, 0.25) is 0 Å². The Morgan fingerprint density at radius 3 is 2.50 bits per heavy atom. The lowest BCUT2D eigenvalue weighted by atomic mass is 10.2. The molecule has 0 saturated heterocycles. The van der Waals surface area contributed by atoms with Crippen LogP contribution < -0.4 is 16.4 Å². The number of unbranched alkanes of at least 4 members (excludes halogenated alkanes) is 1. The zero-order chi connectivity index (χ0) is 12.4. The quantitative estimate of drug-likeness (QED) is 0.336. The highest BCUT2D eigenvalue weighted by Crippen LogP contribution is 1.89. The molecule has 0 radical (unpaired) electrons. The summed E-state index contributed by atoms with van der Waals surface area (Å²) in [4.78, 5) is 15.3. The van der Waals surface area contributed by atoms with E-state index in [1.54, 1.807) is 0 Å². The van der Waals surface area contributed by atoms with E-state index in [0.29, 0.717) is 19.0 Å². The SMILES string of the molecule is CCCCN=C(N)NCCNC(=O)C(C)C. The van der Waals surface area contributed by atoms with E-state index in [1.165, 1.54) is 0 Å². The molecule has 5 heteroatoms. The van der Waals surface area contributed by atoms with Crippen LogP contribution in [-0.4, -0.2) is 31.5 Å². The van der Waals surface area contributed by atoms with Crippen LogP contribution in [0.4, 0.5) is 0 Å². The number of hydrogen-bond donors (Lipinski definition) is 3. The van der Waals surface area contributed by atoms with Crippen LogP contribution in [0.3, 0.4) is 0 Å². The molecule has 5 nitrogen and oxygen atoms in total. The summed E-state index contributed by atoms with van der Waals surface area (Å²) in [7, 11) is 0. The molecular weight excluding hydrogens is 204 g/mol. The number of carbonyl (C=O) groups excluding carboxylic acids is 1. The molecular formula is C11H24N4O. The Hall–Kier alpha value is -1.26. The largest absolute Gasteiger partial charge is 0.370 e. The Morgan fingerprint density at radius 1 is 1.31 bits per heavy atom. The molecule has 4 N–H and O–H groups in total. The van der Waals surface area contributed by atoms with E-state index in [4.69, 9.17) is 5.73 Å². The third-order valence-electron chi connectivity index (χ3n) is 2.05. The molecule has 0 aliphatic rings. The van der Waals surface area contributed by atoms with Gasteiger partial charge in [-0.1, -0.05) is 27.2 Å². The number of nitrogens with zero attached hydrogens (tertiary/aromatic N) is 1. The number of carbonyl (C=O) groups is 1. The maximum Gasteiger partial charge on any atom is 0.222 e. The first kappa shape index (κ1) is 14.7. The summed E-state index contributed by atoms with van der Waals surface area (Å²) in [6.45, 7) is 7.78. The van der Waals surface area contributed by atoms with Crippen molar-refractivity contribution in [2.75, 3.05) is 19.6 Å². The molecule has 0 aromatic carbocycles. The van der Waals surface area contributed by atoms with Gasteiger partial charge in [-0.2, -0.15) is 0 Å². The van der Waals surface area contributed by atoms with Crippen LogP contribution in [-0.2, 0) is 4.79 Å². The molecule has 0 bridgehead atoms. The minimum Gasteiger partial charge on any atom is -0.370 e. The summed E-state index contributed by atoms with van der Waals surface area (Å²) >= 11 is 0. The molecule has 0 aromatic rings. The highest BCUT2D eigenvalue weighted by Gasteiger charge is 2.04. The van der Waals surface area contributed by atoms with Crippen LogP contribution in [0.15, 0.2) is 4.99 Å². The van der Waals surface area contributed by atoms with E-state index in [9.17, 15) is 4.79 Å². The average molecular weight is 228 g/mol. The maximum atomic E-state index is 11.2. The van der Waals surface area contributed by atoms with Gasteiger partial charge >= 0.3 is 0 Å². The minimum atomic E-state index is 0.0237. The molecule has 0 aromatic heterocycles. The monoisotopic (exact) mass is 228 g/mol. The highest BCUT2D eigenvalue weighted by molar-refractivity contribution is 5.78. The molecule has 0 unspecified atom stereocenters. The Labute approximate surface area is 97.9 Å². The molecule has 0 saturated carbocycles. The molecule has 0 atom stereocenters. The summed E-state index contributed by atoms with van der Waals surface area (Å²) in [5.74, 6) is 0.533. The Morgan fingerprint density at radius 2 is 1.94 bits per heavy atom. The van der Waals surface area contributed by atoms with Gasteiger partial charge in [-0.25, -0.2) is 0 Å². The fourth-order valence-corrected chi connectivity index (χ4v) is 0.994. The van der Waals surface area contributed by atoms with Gasteiger partial charge in [-0.3, -0.25) is 9.79 Å². The Bertz CT molecular complexity index is 226. The third kappa shape index (κ3) is 8.08. The van der Waals surface area contributed by atoms with Gasteiger partial charge in [0, 0.05) is 25.6 Å². The van der Waals surface area contributed by atoms with E-state index in [2.05, 4.69) is 22.5 Å². The first-order valence-corrected chi connectivity index (χ1v) is 5.89. The first-order valence-electron chi connectivity index (χ1n) is 5.89. The van der Waals surface area contributed by atoms with Crippen molar-refractivity contribution >= 4 is 11.9 Å². The van der Waals surface area contributed by atoms with Crippen LogP contribution >= 0.6 is 0 Å². The predicted molar refractivity (Wildman–Crippen MR) is 67.2 cm³/mol. The van der Waals surface area contributed by atoms with E-state index >= 15 is 0 Å². The van der Waals surface area contributed by atoms with Crippen LogP contribution in [0.25, 0.3) is 0 Å². The second-order valence-corrected chi connectivity index (χ2v) is 3.99. The number of nitrogens with two attached hydrogens (primary N) is 1.